The van der Waals surface area contributed by atoms with Crippen LogP contribution in [0.25, 0.3) is 0 Å². The van der Waals surface area contributed by atoms with Crippen molar-refractivity contribution in [2.45, 2.75) is 6.42 Å². The van der Waals surface area contributed by atoms with E-state index in [-0.39, 0.29) is 0 Å². The predicted octanol–water partition coefficient (Wildman–Crippen LogP) is 4.32. The fourth-order valence-electron chi connectivity index (χ4n) is 0.605. The number of allylic oxidation sites excluding steroid dienone is 3. The van der Waals surface area contributed by atoms with E-state index < -0.39 is 0 Å². The zero-order valence-corrected chi connectivity index (χ0v) is 10.4. The van der Waals surface area contributed by atoms with E-state index in [0.717, 1.165) is 6.42 Å². The molecule has 4 heteroatoms. The van der Waals surface area contributed by atoms with Crippen molar-refractivity contribution in [1.82, 2.24) is 0 Å². The van der Waals surface area contributed by atoms with Crippen LogP contribution in [-0.2, 0) is 0 Å². The van der Waals surface area contributed by atoms with Gasteiger partial charge in [0, 0.05) is 52.2 Å². The van der Waals surface area contributed by atoms with Gasteiger partial charge in [-0.3, -0.25) is 0 Å². The quantitative estimate of drug-likeness (QED) is 0.653. The van der Waals surface area contributed by atoms with Gasteiger partial charge < -0.3 is 0 Å². The predicted molar refractivity (Wildman–Crippen MR) is 64.0 cm³/mol. The van der Waals surface area contributed by atoms with Crippen LogP contribution in [0.3, 0.4) is 0 Å². The zero-order chi connectivity index (χ0) is 6.69. The Bertz CT molecular complexity index is 162. The molecule has 1 rings (SSSR count). The Morgan fingerprint density at radius 1 is 1.33 bits per heavy atom. The minimum atomic E-state index is 1.14. The van der Waals surface area contributed by atoms with Gasteiger partial charge in [-0.05, 0) is 6.42 Å². The molecule has 0 saturated carbocycles. The van der Waals surface area contributed by atoms with Gasteiger partial charge in [0.1, 0.15) is 0 Å². The lowest BCUT2D eigenvalue weighted by Gasteiger charge is -1.94. The van der Waals surface area contributed by atoms with Crippen molar-refractivity contribution in [2.75, 3.05) is 0 Å². The fraction of sp³-hybridized carbons (Fsp3) is 0.200. The smallest absolute Gasteiger partial charge is 0.0281 e. The molecular weight excluding hydrogens is 378 g/mol. The molecule has 0 heterocycles. The lowest BCUT2D eigenvalue weighted by atomic mass is 10.5. The van der Waals surface area contributed by atoms with Crippen LogP contribution in [0.5, 0.6) is 0 Å². The maximum Gasteiger partial charge on any atom is 0.0281 e. The average molecular weight is 382 g/mol. The van der Waals surface area contributed by atoms with Crippen LogP contribution >= 0.6 is 60.3 Å². The van der Waals surface area contributed by atoms with Crippen LogP contribution in [-0.4, -0.2) is 0 Å². The molecule has 0 aromatic rings. The Morgan fingerprint density at radius 2 is 2.11 bits per heavy atom. The van der Waals surface area contributed by atoms with E-state index in [4.69, 9.17) is 0 Å². The maximum atomic E-state index is 2.33. The molecule has 0 bridgehead atoms. The van der Waals surface area contributed by atoms with Crippen LogP contribution < -0.4 is 0 Å². The van der Waals surface area contributed by atoms with E-state index in [2.05, 4.69) is 54.6 Å². The maximum absolute atomic E-state index is 2.33. The monoisotopic (exact) mass is 382 g/mol. The molecular formula is C5H4I2S2. The lowest BCUT2D eigenvalue weighted by Crippen LogP contribution is -1.65. The molecule has 1 aliphatic rings. The highest BCUT2D eigenvalue weighted by Gasteiger charge is 2.06. The van der Waals surface area contributed by atoms with E-state index in [1.54, 1.807) is 8.93 Å². The molecule has 0 aliphatic heterocycles. The van der Waals surface area contributed by atoms with Crippen molar-refractivity contribution in [3.63, 3.8) is 0 Å². The zero-order valence-electron chi connectivity index (χ0n) is 4.43. The van der Waals surface area contributed by atoms with Crippen molar-refractivity contribution in [1.29, 1.82) is 0 Å². The molecule has 0 aromatic heterocycles. The van der Waals surface area contributed by atoms with Crippen molar-refractivity contribution in [3.8, 4) is 0 Å². The van der Waals surface area contributed by atoms with Crippen LogP contribution in [0.1, 0.15) is 6.42 Å². The van der Waals surface area contributed by atoms with Crippen molar-refractivity contribution in [3.05, 3.63) is 22.0 Å². The van der Waals surface area contributed by atoms with Gasteiger partial charge >= 0.3 is 0 Å². The molecule has 0 saturated heterocycles. The molecule has 9 heavy (non-hydrogen) atoms. The molecule has 0 radical (unpaired) electrons. The summed E-state index contributed by atoms with van der Waals surface area (Å²) in [5.41, 5.74) is 0. The van der Waals surface area contributed by atoms with Gasteiger partial charge in [0.05, 0.1) is 0 Å². The topological polar surface area (TPSA) is 0 Å². The summed E-state index contributed by atoms with van der Waals surface area (Å²) in [7, 11) is 3.63. The number of hydrogen-bond donors (Lipinski definition) is 0. The fourth-order valence-corrected chi connectivity index (χ4v) is 4.86. The van der Waals surface area contributed by atoms with Gasteiger partial charge in [0.15, 0.2) is 0 Å². The van der Waals surface area contributed by atoms with Crippen LogP contribution in [0.2, 0.25) is 0 Å². The first kappa shape index (κ1) is 8.73. The Kier molecular flexibility index (Phi) is 4.37. The molecule has 0 aromatic carbocycles. The largest absolute Gasteiger partial charge is 0.0784 e. The third kappa shape index (κ3) is 2.30. The van der Waals surface area contributed by atoms with Crippen LogP contribution in [0, 0.1) is 0 Å². The molecule has 0 nitrogen and oxygen atoms in total. The van der Waals surface area contributed by atoms with Gasteiger partial charge in [0.2, 0.25) is 0 Å². The molecule has 0 spiro atoms. The first-order chi connectivity index (χ1) is 4.38. The molecule has 0 fully saturated rings. The number of halogens is 2. The number of hydrogen-bond acceptors (Lipinski definition) is 2. The van der Waals surface area contributed by atoms with E-state index in [9.17, 15) is 0 Å². The summed E-state index contributed by atoms with van der Waals surface area (Å²) >= 11 is 4.65. The van der Waals surface area contributed by atoms with Crippen molar-refractivity contribution >= 4 is 60.3 Å². The van der Waals surface area contributed by atoms with Gasteiger partial charge in [-0.25, -0.2) is 0 Å². The Labute approximate surface area is 87.5 Å². The summed E-state index contributed by atoms with van der Waals surface area (Å²) in [6.45, 7) is 0. The normalized spacial score (nSPS) is 17.6. The second-order valence-corrected chi connectivity index (χ2v) is 5.43. The average Bonchev–Trinajstić information content (AvgIpc) is 2.33. The third-order valence-electron chi connectivity index (χ3n) is 1.02. The molecule has 0 unspecified atom stereocenters. The van der Waals surface area contributed by atoms with E-state index >= 15 is 0 Å². The van der Waals surface area contributed by atoms with E-state index in [1.165, 1.54) is 9.81 Å². The Balaban J connectivity index is 2.67. The molecule has 50 valence electrons. The summed E-state index contributed by atoms with van der Waals surface area (Å²) in [5, 5.41) is 0. The summed E-state index contributed by atoms with van der Waals surface area (Å²) in [6, 6.07) is 0. The lowest BCUT2D eigenvalue weighted by molar-refractivity contribution is 1.42. The van der Waals surface area contributed by atoms with Crippen molar-refractivity contribution in [2.24, 2.45) is 0 Å². The second kappa shape index (κ2) is 4.50. The Morgan fingerprint density at radius 3 is 2.56 bits per heavy atom. The minimum Gasteiger partial charge on any atom is -0.0784 e. The Hall–Kier alpha value is 1.64. The highest BCUT2D eigenvalue weighted by Crippen LogP contribution is 2.41. The van der Waals surface area contributed by atoms with Crippen LogP contribution in [0.15, 0.2) is 22.0 Å². The SMILES string of the molecule is ISC1=C(SI)CC=C1. The molecule has 0 atom stereocenters. The highest BCUT2D eigenvalue weighted by molar-refractivity contribution is 14.2. The van der Waals surface area contributed by atoms with Gasteiger partial charge in [-0.2, -0.15) is 0 Å². The molecule has 0 amide bonds. The molecule has 0 N–H and O–H groups in total. The first-order valence-corrected chi connectivity index (χ1v) is 9.07. The minimum absolute atomic E-state index is 1.14. The van der Waals surface area contributed by atoms with E-state index in [0.29, 0.717) is 0 Å². The van der Waals surface area contributed by atoms with Gasteiger partial charge in [0.25, 0.3) is 0 Å². The number of rotatable bonds is 2. The first-order valence-electron chi connectivity index (χ1n) is 2.35. The summed E-state index contributed by atoms with van der Waals surface area (Å²) in [6.07, 6.45) is 5.54. The summed E-state index contributed by atoms with van der Waals surface area (Å²) in [4.78, 5) is 2.92. The van der Waals surface area contributed by atoms with Gasteiger partial charge in [-0.15, -0.1) is 0 Å². The second-order valence-electron chi connectivity index (χ2n) is 1.55. The molecule has 1 aliphatic carbocycles. The standard InChI is InChI=1S/C5H4I2S2/c6-8-4-2-1-3-5(4)9-7/h1-2H,3H2. The van der Waals surface area contributed by atoms with Gasteiger partial charge in [-0.1, -0.05) is 30.0 Å². The summed E-state index contributed by atoms with van der Waals surface area (Å²) < 4.78 is 0. The van der Waals surface area contributed by atoms with Crippen molar-refractivity contribution < 1.29 is 0 Å². The highest BCUT2D eigenvalue weighted by atomic mass is 127. The van der Waals surface area contributed by atoms with Crippen LogP contribution in [0.4, 0.5) is 0 Å². The third-order valence-corrected chi connectivity index (χ3v) is 5.29. The summed E-state index contributed by atoms with van der Waals surface area (Å²) in [5.74, 6) is 0. The van der Waals surface area contributed by atoms with E-state index in [1.807, 2.05) is 8.93 Å².